The van der Waals surface area contributed by atoms with Gasteiger partial charge in [-0.2, -0.15) is 0 Å². The van der Waals surface area contributed by atoms with Gasteiger partial charge >= 0.3 is 0 Å². The predicted molar refractivity (Wildman–Crippen MR) is 80.6 cm³/mol. The van der Waals surface area contributed by atoms with E-state index in [0.717, 1.165) is 27.5 Å². The normalized spacial score (nSPS) is 17.6. The molecule has 0 saturated heterocycles. The molecule has 1 unspecified atom stereocenters. The van der Waals surface area contributed by atoms with E-state index < -0.39 is 0 Å². The van der Waals surface area contributed by atoms with Gasteiger partial charge in [0.2, 0.25) is 5.91 Å². The summed E-state index contributed by atoms with van der Waals surface area (Å²) in [5, 5.41) is 4.99. The van der Waals surface area contributed by atoms with E-state index in [1.807, 2.05) is 17.5 Å². The molecular weight excluding hydrogens is 293 g/mol. The van der Waals surface area contributed by atoms with Crippen molar-refractivity contribution in [1.82, 2.24) is 5.32 Å². The predicted octanol–water partition coefficient (Wildman–Crippen LogP) is 3.78. The standard InChI is InChI=1S/C15H14FNOS2/c16-10-3-4-14-12(8-10)13(5-7-20-14)17-15(18)9-11-2-1-6-19-11/h1-4,6,8,13H,5,7,9H2,(H,17,18). The molecule has 0 aliphatic carbocycles. The van der Waals surface area contributed by atoms with Gasteiger partial charge in [0.1, 0.15) is 5.82 Å². The van der Waals surface area contributed by atoms with Crippen molar-refractivity contribution in [3.05, 3.63) is 52.0 Å². The highest BCUT2D eigenvalue weighted by atomic mass is 32.2. The summed E-state index contributed by atoms with van der Waals surface area (Å²) < 4.78 is 13.4. The molecule has 1 aromatic carbocycles. The van der Waals surface area contributed by atoms with Crippen LogP contribution in [0.15, 0.2) is 40.6 Å². The van der Waals surface area contributed by atoms with Gasteiger partial charge in [-0.25, -0.2) is 4.39 Å². The van der Waals surface area contributed by atoms with E-state index in [-0.39, 0.29) is 17.8 Å². The smallest absolute Gasteiger partial charge is 0.225 e. The van der Waals surface area contributed by atoms with Crippen LogP contribution >= 0.6 is 23.1 Å². The minimum atomic E-state index is -0.247. The SMILES string of the molecule is O=C(Cc1cccs1)NC1CCSc2ccc(F)cc21. The molecule has 1 atom stereocenters. The van der Waals surface area contributed by atoms with Crippen LogP contribution in [0, 0.1) is 5.82 Å². The number of carbonyl (C=O) groups excluding carboxylic acids is 1. The number of hydrogen-bond donors (Lipinski definition) is 1. The molecule has 0 spiro atoms. The lowest BCUT2D eigenvalue weighted by Crippen LogP contribution is -2.31. The molecule has 3 rings (SSSR count). The molecule has 20 heavy (non-hydrogen) atoms. The Morgan fingerprint density at radius 2 is 2.30 bits per heavy atom. The van der Waals surface area contributed by atoms with E-state index in [4.69, 9.17) is 0 Å². The molecule has 1 aliphatic rings. The Bertz CT molecular complexity index is 612. The minimum Gasteiger partial charge on any atom is -0.349 e. The van der Waals surface area contributed by atoms with Gasteiger partial charge < -0.3 is 5.32 Å². The fraction of sp³-hybridized carbons (Fsp3) is 0.267. The van der Waals surface area contributed by atoms with Crippen molar-refractivity contribution >= 4 is 29.0 Å². The Balaban J connectivity index is 1.72. The first-order valence-electron chi connectivity index (χ1n) is 6.46. The number of amides is 1. The molecule has 1 amide bonds. The first-order valence-corrected chi connectivity index (χ1v) is 8.33. The van der Waals surface area contributed by atoms with Crippen molar-refractivity contribution in [2.75, 3.05) is 5.75 Å². The molecule has 5 heteroatoms. The van der Waals surface area contributed by atoms with Crippen LogP contribution in [0.5, 0.6) is 0 Å². The van der Waals surface area contributed by atoms with Gasteiger partial charge in [-0.1, -0.05) is 6.07 Å². The van der Waals surface area contributed by atoms with E-state index in [1.54, 1.807) is 29.2 Å². The number of hydrogen-bond acceptors (Lipinski definition) is 3. The zero-order chi connectivity index (χ0) is 13.9. The zero-order valence-corrected chi connectivity index (χ0v) is 12.4. The van der Waals surface area contributed by atoms with Crippen LogP contribution in [0.2, 0.25) is 0 Å². The van der Waals surface area contributed by atoms with Crippen molar-refractivity contribution in [2.24, 2.45) is 0 Å². The van der Waals surface area contributed by atoms with Crippen molar-refractivity contribution in [3.63, 3.8) is 0 Å². The Morgan fingerprint density at radius 3 is 3.10 bits per heavy atom. The molecule has 2 aromatic rings. The largest absolute Gasteiger partial charge is 0.349 e. The number of thioether (sulfide) groups is 1. The van der Waals surface area contributed by atoms with Gasteiger partial charge in [0.15, 0.2) is 0 Å². The van der Waals surface area contributed by atoms with Crippen molar-refractivity contribution in [1.29, 1.82) is 0 Å². The number of fused-ring (bicyclic) bond motifs is 1. The third-order valence-electron chi connectivity index (χ3n) is 3.26. The monoisotopic (exact) mass is 307 g/mol. The maximum absolute atomic E-state index is 13.4. The fourth-order valence-corrected chi connectivity index (χ4v) is 4.14. The number of thiophene rings is 1. The second-order valence-electron chi connectivity index (χ2n) is 4.70. The number of benzene rings is 1. The van der Waals surface area contributed by atoms with Crippen LogP contribution in [0.25, 0.3) is 0 Å². The average Bonchev–Trinajstić information content (AvgIpc) is 2.92. The molecule has 0 radical (unpaired) electrons. The molecular formula is C15H14FNOS2. The highest BCUT2D eigenvalue weighted by Gasteiger charge is 2.22. The van der Waals surface area contributed by atoms with Crippen LogP contribution in [0.4, 0.5) is 4.39 Å². The van der Waals surface area contributed by atoms with E-state index in [1.165, 1.54) is 12.1 Å². The molecule has 2 heterocycles. The quantitative estimate of drug-likeness (QED) is 0.935. The second-order valence-corrected chi connectivity index (χ2v) is 6.86. The van der Waals surface area contributed by atoms with E-state index in [2.05, 4.69) is 5.32 Å². The van der Waals surface area contributed by atoms with Gasteiger partial charge in [-0.3, -0.25) is 4.79 Å². The number of carbonyl (C=O) groups is 1. The highest BCUT2D eigenvalue weighted by molar-refractivity contribution is 7.99. The lowest BCUT2D eigenvalue weighted by molar-refractivity contribution is -0.121. The van der Waals surface area contributed by atoms with E-state index in [9.17, 15) is 9.18 Å². The third kappa shape index (κ3) is 3.04. The molecule has 0 bridgehead atoms. The molecule has 1 aliphatic heterocycles. The molecule has 104 valence electrons. The Morgan fingerprint density at radius 1 is 1.40 bits per heavy atom. The number of rotatable bonds is 3. The van der Waals surface area contributed by atoms with Crippen LogP contribution < -0.4 is 5.32 Å². The third-order valence-corrected chi connectivity index (χ3v) is 5.26. The van der Waals surface area contributed by atoms with E-state index >= 15 is 0 Å². The number of halogens is 1. The topological polar surface area (TPSA) is 29.1 Å². The van der Waals surface area contributed by atoms with Crippen molar-refractivity contribution < 1.29 is 9.18 Å². The van der Waals surface area contributed by atoms with Gasteiger partial charge in [0.05, 0.1) is 12.5 Å². The van der Waals surface area contributed by atoms with Crippen LogP contribution in [0.1, 0.15) is 22.9 Å². The van der Waals surface area contributed by atoms with Gasteiger partial charge in [0, 0.05) is 15.5 Å². The summed E-state index contributed by atoms with van der Waals surface area (Å²) in [6.07, 6.45) is 1.24. The maximum Gasteiger partial charge on any atom is 0.225 e. The van der Waals surface area contributed by atoms with Gasteiger partial charge in [0.25, 0.3) is 0 Å². The summed E-state index contributed by atoms with van der Waals surface area (Å²) in [6.45, 7) is 0. The molecule has 2 nitrogen and oxygen atoms in total. The summed E-state index contributed by atoms with van der Waals surface area (Å²) in [6, 6.07) is 8.63. The lowest BCUT2D eigenvalue weighted by Gasteiger charge is -2.26. The minimum absolute atomic E-state index is 0.000406. The first-order chi connectivity index (χ1) is 9.72. The molecule has 0 saturated carbocycles. The molecule has 1 aromatic heterocycles. The summed E-state index contributed by atoms with van der Waals surface area (Å²) in [4.78, 5) is 14.2. The Kier molecular flexibility index (Phi) is 4.08. The summed E-state index contributed by atoms with van der Waals surface area (Å²) in [5.74, 6) is 0.700. The summed E-state index contributed by atoms with van der Waals surface area (Å²) in [5.41, 5.74) is 0.903. The second kappa shape index (κ2) is 5.97. The molecule has 0 fully saturated rings. The van der Waals surface area contributed by atoms with Crippen LogP contribution in [-0.2, 0) is 11.2 Å². The highest BCUT2D eigenvalue weighted by Crippen LogP contribution is 2.36. The fourth-order valence-electron chi connectivity index (χ4n) is 2.33. The van der Waals surface area contributed by atoms with Gasteiger partial charge in [-0.15, -0.1) is 23.1 Å². The first kappa shape index (κ1) is 13.6. The van der Waals surface area contributed by atoms with Crippen LogP contribution in [0.3, 0.4) is 0 Å². The Hall–Kier alpha value is -1.33. The summed E-state index contributed by atoms with van der Waals surface area (Å²) >= 11 is 3.29. The lowest BCUT2D eigenvalue weighted by atomic mass is 10.0. The van der Waals surface area contributed by atoms with Crippen molar-refractivity contribution in [3.8, 4) is 0 Å². The van der Waals surface area contributed by atoms with Crippen LogP contribution in [-0.4, -0.2) is 11.7 Å². The van der Waals surface area contributed by atoms with E-state index in [0.29, 0.717) is 6.42 Å². The van der Waals surface area contributed by atoms with Gasteiger partial charge in [-0.05, 0) is 41.6 Å². The average molecular weight is 307 g/mol. The molecule has 1 N–H and O–H groups in total. The zero-order valence-electron chi connectivity index (χ0n) is 10.8. The Labute approximate surface area is 125 Å². The maximum atomic E-state index is 13.4. The summed E-state index contributed by atoms with van der Waals surface area (Å²) in [7, 11) is 0. The van der Waals surface area contributed by atoms with Crippen molar-refractivity contribution in [2.45, 2.75) is 23.8 Å². The number of nitrogens with one attached hydrogen (secondary N) is 1.